The normalized spacial score (nSPS) is 14.4. The van der Waals surface area contributed by atoms with Crippen LogP contribution in [0.1, 0.15) is 20.3 Å². The van der Waals surface area contributed by atoms with Crippen LogP contribution in [0.4, 0.5) is 0 Å². The van der Waals surface area contributed by atoms with Gasteiger partial charge in [-0.05, 0) is 13.3 Å². The molecule has 1 unspecified atom stereocenters. The number of rotatable bonds is 9. The lowest BCUT2D eigenvalue weighted by Crippen LogP contribution is -2.48. The second kappa shape index (κ2) is 8.44. The van der Waals surface area contributed by atoms with Crippen molar-refractivity contribution in [3.8, 4) is 0 Å². The molecule has 0 radical (unpaired) electrons. The van der Waals surface area contributed by atoms with Crippen LogP contribution in [0.3, 0.4) is 0 Å². The first kappa shape index (κ1) is 16.4. The van der Waals surface area contributed by atoms with Crippen LogP contribution in [-0.4, -0.2) is 57.9 Å². The second-order valence-electron chi connectivity index (χ2n) is 4.40. The summed E-state index contributed by atoms with van der Waals surface area (Å²) in [5.41, 5.74) is 5.22. The number of hydrogen-bond acceptors (Lipinski definition) is 4. The highest BCUT2D eigenvalue weighted by Crippen LogP contribution is 2.22. The monoisotopic (exact) mass is 246 g/mol. The van der Waals surface area contributed by atoms with E-state index in [-0.39, 0.29) is 5.91 Å². The molecule has 0 bridgehead atoms. The smallest absolute Gasteiger partial charge is 0.229 e. The van der Waals surface area contributed by atoms with E-state index in [1.54, 1.807) is 19.1 Å². The van der Waals surface area contributed by atoms with E-state index in [1.807, 2.05) is 13.8 Å². The topological polar surface area (TPSA) is 64.8 Å². The molecular formula is C12H26N2O3. The van der Waals surface area contributed by atoms with Crippen molar-refractivity contribution >= 4 is 5.91 Å². The molecule has 0 aromatic heterocycles. The molecule has 2 N–H and O–H groups in total. The van der Waals surface area contributed by atoms with Crippen LogP contribution in [-0.2, 0) is 14.3 Å². The molecular weight excluding hydrogens is 220 g/mol. The quantitative estimate of drug-likeness (QED) is 0.643. The van der Waals surface area contributed by atoms with Gasteiger partial charge in [-0.3, -0.25) is 4.79 Å². The lowest BCUT2D eigenvalue weighted by atomic mass is 9.86. The maximum Gasteiger partial charge on any atom is 0.229 e. The van der Waals surface area contributed by atoms with Gasteiger partial charge in [0.1, 0.15) is 0 Å². The summed E-state index contributed by atoms with van der Waals surface area (Å²) >= 11 is 0. The fourth-order valence-electron chi connectivity index (χ4n) is 1.48. The first-order valence-electron chi connectivity index (χ1n) is 6.03. The molecule has 0 aliphatic rings. The van der Waals surface area contributed by atoms with Crippen LogP contribution in [0.2, 0.25) is 0 Å². The Kier molecular flexibility index (Phi) is 8.12. The molecule has 0 spiro atoms. The summed E-state index contributed by atoms with van der Waals surface area (Å²) in [7, 11) is 3.25. The van der Waals surface area contributed by atoms with Gasteiger partial charge in [-0.2, -0.15) is 0 Å². The number of carbonyl (C=O) groups excluding carboxylic acids is 1. The van der Waals surface area contributed by atoms with Crippen molar-refractivity contribution in [2.75, 3.05) is 47.1 Å². The van der Waals surface area contributed by atoms with Crippen molar-refractivity contribution in [3.63, 3.8) is 0 Å². The molecule has 0 aromatic carbocycles. The molecule has 0 aliphatic carbocycles. The average Bonchev–Trinajstić information content (AvgIpc) is 2.37. The van der Waals surface area contributed by atoms with Gasteiger partial charge in [0.15, 0.2) is 0 Å². The zero-order chi connectivity index (χ0) is 13.3. The Morgan fingerprint density at radius 1 is 1.24 bits per heavy atom. The highest BCUT2D eigenvalue weighted by molar-refractivity contribution is 5.82. The zero-order valence-corrected chi connectivity index (χ0v) is 11.5. The third-order valence-electron chi connectivity index (χ3n) is 3.17. The molecule has 1 amide bonds. The predicted octanol–water partition coefficient (Wildman–Crippen LogP) is 0.483. The van der Waals surface area contributed by atoms with Crippen molar-refractivity contribution in [1.82, 2.24) is 4.90 Å². The molecule has 0 saturated carbocycles. The molecule has 102 valence electrons. The Morgan fingerprint density at radius 3 is 2.00 bits per heavy atom. The number of nitrogens with two attached hydrogens (primary N) is 1. The largest absolute Gasteiger partial charge is 0.383 e. The van der Waals surface area contributed by atoms with Crippen molar-refractivity contribution in [3.05, 3.63) is 0 Å². The summed E-state index contributed by atoms with van der Waals surface area (Å²) in [6.45, 7) is 6.46. The van der Waals surface area contributed by atoms with Crippen molar-refractivity contribution in [1.29, 1.82) is 0 Å². The van der Waals surface area contributed by atoms with Gasteiger partial charge in [-0.15, -0.1) is 0 Å². The van der Waals surface area contributed by atoms with Crippen molar-refractivity contribution in [2.45, 2.75) is 20.3 Å². The van der Waals surface area contributed by atoms with E-state index >= 15 is 0 Å². The van der Waals surface area contributed by atoms with E-state index in [0.717, 1.165) is 6.42 Å². The minimum absolute atomic E-state index is 0.0802. The van der Waals surface area contributed by atoms with Gasteiger partial charge in [0, 0.05) is 33.9 Å². The van der Waals surface area contributed by atoms with Crippen LogP contribution in [0.5, 0.6) is 0 Å². The second-order valence-corrected chi connectivity index (χ2v) is 4.40. The minimum atomic E-state index is -0.485. The van der Waals surface area contributed by atoms with Gasteiger partial charge in [-0.25, -0.2) is 0 Å². The van der Waals surface area contributed by atoms with Crippen molar-refractivity contribution in [2.24, 2.45) is 11.1 Å². The van der Waals surface area contributed by atoms with Gasteiger partial charge in [-0.1, -0.05) is 6.92 Å². The maximum absolute atomic E-state index is 12.4. The molecule has 1 atom stereocenters. The Morgan fingerprint density at radius 2 is 1.71 bits per heavy atom. The lowest BCUT2D eigenvalue weighted by Gasteiger charge is -2.32. The minimum Gasteiger partial charge on any atom is -0.383 e. The summed E-state index contributed by atoms with van der Waals surface area (Å²) in [6, 6.07) is 0. The number of carbonyl (C=O) groups is 1. The summed E-state index contributed by atoms with van der Waals surface area (Å²) in [5.74, 6) is 0.0802. The third-order valence-corrected chi connectivity index (χ3v) is 3.17. The number of nitrogens with zero attached hydrogens (tertiary/aromatic N) is 1. The van der Waals surface area contributed by atoms with E-state index in [1.165, 1.54) is 0 Å². The van der Waals surface area contributed by atoms with Crippen LogP contribution < -0.4 is 5.73 Å². The average molecular weight is 246 g/mol. The maximum atomic E-state index is 12.4. The SMILES string of the molecule is CCC(C)(CN)C(=O)N(CCOC)CCOC. The van der Waals surface area contributed by atoms with Gasteiger partial charge < -0.3 is 20.1 Å². The fraction of sp³-hybridized carbons (Fsp3) is 0.917. The van der Waals surface area contributed by atoms with Gasteiger partial charge in [0.25, 0.3) is 0 Å². The molecule has 0 fully saturated rings. The summed E-state index contributed by atoms with van der Waals surface area (Å²) in [6.07, 6.45) is 0.735. The van der Waals surface area contributed by atoms with Crippen LogP contribution in [0.15, 0.2) is 0 Å². The number of amides is 1. The van der Waals surface area contributed by atoms with Gasteiger partial charge >= 0.3 is 0 Å². The number of hydrogen-bond donors (Lipinski definition) is 1. The van der Waals surface area contributed by atoms with Crippen LogP contribution in [0.25, 0.3) is 0 Å². The standard InChI is InChI=1S/C12H26N2O3/c1-5-12(2,10-13)11(15)14(6-8-16-3)7-9-17-4/h5-10,13H2,1-4H3. The lowest BCUT2D eigenvalue weighted by molar-refractivity contribution is -0.142. The van der Waals surface area contributed by atoms with E-state index in [9.17, 15) is 4.79 Å². The zero-order valence-electron chi connectivity index (χ0n) is 11.5. The van der Waals surface area contributed by atoms with Crippen LogP contribution >= 0.6 is 0 Å². The summed E-state index contributed by atoms with van der Waals surface area (Å²) in [5, 5.41) is 0. The van der Waals surface area contributed by atoms with Crippen molar-refractivity contribution < 1.29 is 14.3 Å². The molecule has 0 rings (SSSR count). The molecule has 5 nitrogen and oxygen atoms in total. The molecule has 17 heavy (non-hydrogen) atoms. The molecule has 0 saturated heterocycles. The van der Waals surface area contributed by atoms with Crippen LogP contribution in [0, 0.1) is 5.41 Å². The van der Waals surface area contributed by atoms with Gasteiger partial charge in [0.05, 0.1) is 18.6 Å². The third kappa shape index (κ3) is 5.02. The first-order valence-corrected chi connectivity index (χ1v) is 6.03. The highest BCUT2D eigenvalue weighted by atomic mass is 16.5. The molecule has 0 aliphatic heterocycles. The number of ether oxygens (including phenoxy) is 2. The van der Waals surface area contributed by atoms with E-state index in [4.69, 9.17) is 15.2 Å². The number of methoxy groups -OCH3 is 2. The predicted molar refractivity (Wildman–Crippen MR) is 67.8 cm³/mol. The Balaban J connectivity index is 4.59. The van der Waals surface area contributed by atoms with E-state index < -0.39 is 5.41 Å². The van der Waals surface area contributed by atoms with E-state index in [2.05, 4.69) is 0 Å². The summed E-state index contributed by atoms with van der Waals surface area (Å²) < 4.78 is 10.0. The molecule has 5 heteroatoms. The summed E-state index contributed by atoms with van der Waals surface area (Å²) in [4.78, 5) is 14.1. The van der Waals surface area contributed by atoms with Gasteiger partial charge in [0.2, 0.25) is 5.91 Å². The fourth-order valence-corrected chi connectivity index (χ4v) is 1.48. The first-order chi connectivity index (χ1) is 8.05. The Labute approximate surface area is 104 Å². The molecule has 0 heterocycles. The Hall–Kier alpha value is -0.650. The highest BCUT2D eigenvalue weighted by Gasteiger charge is 2.33. The Bertz CT molecular complexity index is 210. The van der Waals surface area contributed by atoms with E-state index in [0.29, 0.717) is 32.8 Å². The molecule has 0 aromatic rings.